The summed E-state index contributed by atoms with van der Waals surface area (Å²) in [6, 6.07) is 5.63. The summed E-state index contributed by atoms with van der Waals surface area (Å²) < 4.78 is 38.0. The molecule has 1 aromatic carbocycles. The van der Waals surface area contributed by atoms with E-state index in [9.17, 15) is 17.6 Å². The van der Waals surface area contributed by atoms with Crippen LogP contribution >= 0.6 is 0 Å². The van der Waals surface area contributed by atoms with Crippen molar-refractivity contribution in [1.82, 2.24) is 15.1 Å². The van der Waals surface area contributed by atoms with Gasteiger partial charge in [-0.3, -0.25) is 4.79 Å². The first-order valence-corrected chi connectivity index (χ1v) is 10.1. The van der Waals surface area contributed by atoms with Crippen LogP contribution in [-0.4, -0.2) is 41.7 Å². The number of fused-ring (bicyclic) bond motifs is 1. The van der Waals surface area contributed by atoms with Crippen LogP contribution in [0.3, 0.4) is 0 Å². The van der Waals surface area contributed by atoms with Crippen LogP contribution < -0.4 is 5.32 Å². The molecule has 1 amide bonds. The van der Waals surface area contributed by atoms with Crippen molar-refractivity contribution in [1.29, 1.82) is 0 Å². The lowest BCUT2D eigenvalue weighted by molar-refractivity contribution is 0.0934. The monoisotopic (exact) mass is 363 g/mol. The molecule has 2 aromatic rings. The fourth-order valence-electron chi connectivity index (χ4n) is 3.58. The third kappa shape index (κ3) is 3.06. The number of carbonyl (C=O) groups is 1. The number of hydrogen-bond donors (Lipinski definition) is 1. The first-order valence-electron chi connectivity index (χ1n) is 8.31. The molecule has 1 aliphatic heterocycles. The smallest absolute Gasteiger partial charge is 0.272 e. The number of sulfone groups is 1. The standard InChI is InChI=1S/C17H18FN3O3S/c18-11-4-6-13(7-5-11)21-15-3-1-2-14(15)16(20-21)17(22)19-12-8-9-25(23,24)10-12/h4-7,12H,1-3,8-10H2,(H,19,22)/t12-/m0/s1. The number of carbonyl (C=O) groups excluding carboxylic acids is 1. The first-order chi connectivity index (χ1) is 11.9. The van der Waals surface area contributed by atoms with E-state index >= 15 is 0 Å². The molecule has 0 spiro atoms. The highest BCUT2D eigenvalue weighted by Crippen LogP contribution is 2.28. The van der Waals surface area contributed by atoms with Crippen LogP contribution in [-0.2, 0) is 22.7 Å². The van der Waals surface area contributed by atoms with Crippen LogP contribution in [0.4, 0.5) is 4.39 Å². The fraction of sp³-hybridized carbons (Fsp3) is 0.412. The maximum absolute atomic E-state index is 13.2. The minimum absolute atomic E-state index is 0.0143. The van der Waals surface area contributed by atoms with Crippen LogP contribution in [0.2, 0.25) is 0 Å². The van der Waals surface area contributed by atoms with E-state index in [0.29, 0.717) is 17.8 Å². The number of nitrogens with one attached hydrogen (secondary N) is 1. The van der Waals surface area contributed by atoms with Crippen molar-refractivity contribution in [3.8, 4) is 5.69 Å². The summed E-state index contributed by atoms with van der Waals surface area (Å²) in [6.45, 7) is 0. The predicted molar refractivity (Wildman–Crippen MR) is 90.1 cm³/mol. The van der Waals surface area contributed by atoms with Gasteiger partial charge in [-0.15, -0.1) is 0 Å². The molecule has 1 atom stereocenters. The Morgan fingerprint density at radius 2 is 2.00 bits per heavy atom. The molecule has 4 rings (SSSR count). The highest BCUT2D eigenvalue weighted by molar-refractivity contribution is 7.91. The minimum atomic E-state index is -3.05. The lowest BCUT2D eigenvalue weighted by Gasteiger charge is -2.10. The Bertz CT molecular complexity index is 935. The first kappa shape index (κ1) is 16.3. The second kappa shape index (κ2) is 5.94. The van der Waals surface area contributed by atoms with Gasteiger partial charge in [0.05, 0.1) is 17.2 Å². The van der Waals surface area contributed by atoms with Gasteiger partial charge in [0.15, 0.2) is 15.5 Å². The quantitative estimate of drug-likeness (QED) is 0.894. The van der Waals surface area contributed by atoms with Gasteiger partial charge in [-0.25, -0.2) is 17.5 Å². The van der Waals surface area contributed by atoms with E-state index < -0.39 is 9.84 Å². The summed E-state index contributed by atoms with van der Waals surface area (Å²) in [4.78, 5) is 12.6. The number of amides is 1. The molecule has 1 N–H and O–H groups in total. The fourth-order valence-corrected chi connectivity index (χ4v) is 5.25. The Balaban J connectivity index is 1.63. The lowest BCUT2D eigenvalue weighted by Crippen LogP contribution is -2.36. The summed E-state index contributed by atoms with van der Waals surface area (Å²) >= 11 is 0. The summed E-state index contributed by atoms with van der Waals surface area (Å²) in [5.74, 6) is -0.561. The number of nitrogens with zero attached hydrogens (tertiary/aromatic N) is 2. The van der Waals surface area contributed by atoms with Crippen LogP contribution in [0, 0.1) is 5.82 Å². The highest BCUT2D eigenvalue weighted by atomic mass is 32.2. The van der Waals surface area contributed by atoms with Crippen molar-refractivity contribution in [2.45, 2.75) is 31.7 Å². The van der Waals surface area contributed by atoms with E-state index in [4.69, 9.17) is 0 Å². The number of halogens is 1. The van der Waals surface area contributed by atoms with Crippen molar-refractivity contribution in [3.05, 3.63) is 47.0 Å². The molecule has 1 fully saturated rings. The summed E-state index contributed by atoms with van der Waals surface area (Å²) in [5.41, 5.74) is 2.93. The maximum atomic E-state index is 13.2. The zero-order valence-electron chi connectivity index (χ0n) is 13.5. The average Bonchev–Trinajstić information content (AvgIpc) is 3.23. The molecule has 1 aliphatic carbocycles. The number of benzene rings is 1. The average molecular weight is 363 g/mol. The van der Waals surface area contributed by atoms with E-state index in [2.05, 4.69) is 10.4 Å². The maximum Gasteiger partial charge on any atom is 0.272 e. The molecular formula is C17H18FN3O3S. The van der Waals surface area contributed by atoms with E-state index in [1.54, 1.807) is 16.8 Å². The third-order valence-electron chi connectivity index (χ3n) is 4.78. The van der Waals surface area contributed by atoms with Crippen LogP contribution in [0.1, 0.15) is 34.6 Å². The van der Waals surface area contributed by atoms with Crippen LogP contribution in [0.5, 0.6) is 0 Å². The molecule has 0 unspecified atom stereocenters. The van der Waals surface area contributed by atoms with E-state index in [1.165, 1.54) is 12.1 Å². The number of rotatable bonds is 3. The number of hydrogen-bond acceptors (Lipinski definition) is 4. The van der Waals surface area contributed by atoms with Gasteiger partial charge in [0.25, 0.3) is 5.91 Å². The van der Waals surface area contributed by atoms with Crippen molar-refractivity contribution in [2.75, 3.05) is 11.5 Å². The van der Waals surface area contributed by atoms with Gasteiger partial charge in [-0.05, 0) is 49.9 Å². The topological polar surface area (TPSA) is 81.1 Å². The molecule has 0 radical (unpaired) electrons. The van der Waals surface area contributed by atoms with Gasteiger partial charge in [0.2, 0.25) is 0 Å². The van der Waals surface area contributed by atoms with Gasteiger partial charge in [-0.1, -0.05) is 0 Å². The zero-order valence-corrected chi connectivity index (χ0v) is 14.4. The van der Waals surface area contributed by atoms with Gasteiger partial charge < -0.3 is 5.32 Å². The summed E-state index contributed by atoms with van der Waals surface area (Å²) in [5, 5.41) is 7.24. The van der Waals surface area contributed by atoms with Crippen LogP contribution in [0.25, 0.3) is 5.69 Å². The Hall–Kier alpha value is -2.22. The van der Waals surface area contributed by atoms with Gasteiger partial charge in [0.1, 0.15) is 5.82 Å². The summed E-state index contributed by atoms with van der Waals surface area (Å²) in [6.07, 6.45) is 2.95. The van der Waals surface area contributed by atoms with Crippen LogP contribution in [0.15, 0.2) is 24.3 Å². The summed E-state index contributed by atoms with van der Waals surface area (Å²) in [7, 11) is -3.05. The van der Waals surface area contributed by atoms with Crippen molar-refractivity contribution in [3.63, 3.8) is 0 Å². The molecule has 8 heteroatoms. The second-order valence-electron chi connectivity index (χ2n) is 6.59. The normalized spacial score (nSPS) is 21.2. The Morgan fingerprint density at radius 1 is 1.24 bits per heavy atom. The zero-order chi connectivity index (χ0) is 17.6. The molecule has 2 aliphatic rings. The lowest BCUT2D eigenvalue weighted by atomic mass is 10.1. The minimum Gasteiger partial charge on any atom is -0.347 e. The Labute approximate surface area is 145 Å². The van der Waals surface area contributed by atoms with Gasteiger partial charge in [-0.2, -0.15) is 5.10 Å². The molecule has 6 nitrogen and oxygen atoms in total. The van der Waals surface area contributed by atoms with Gasteiger partial charge in [0, 0.05) is 17.3 Å². The van der Waals surface area contributed by atoms with E-state index in [-0.39, 0.29) is 29.3 Å². The van der Waals surface area contributed by atoms with Gasteiger partial charge >= 0.3 is 0 Å². The predicted octanol–water partition coefficient (Wildman–Crippen LogP) is 1.42. The molecule has 1 saturated heterocycles. The molecule has 25 heavy (non-hydrogen) atoms. The van der Waals surface area contributed by atoms with Crippen molar-refractivity contribution >= 4 is 15.7 Å². The third-order valence-corrected chi connectivity index (χ3v) is 6.55. The highest BCUT2D eigenvalue weighted by Gasteiger charge is 2.32. The molecule has 0 saturated carbocycles. The molecule has 2 heterocycles. The van der Waals surface area contributed by atoms with E-state index in [1.807, 2.05) is 0 Å². The second-order valence-corrected chi connectivity index (χ2v) is 8.82. The SMILES string of the molecule is O=C(N[C@H]1CCS(=O)(=O)C1)c1nn(-c2ccc(F)cc2)c2c1CCC2. The molecular weight excluding hydrogens is 345 g/mol. The largest absolute Gasteiger partial charge is 0.347 e. The Morgan fingerprint density at radius 3 is 2.68 bits per heavy atom. The van der Waals surface area contributed by atoms with E-state index in [0.717, 1.165) is 30.5 Å². The Kier molecular flexibility index (Phi) is 3.87. The van der Waals surface area contributed by atoms with Crippen molar-refractivity contribution < 1.29 is 17.6 Å². The molecule has 132 valence electrons. The van der Waals surface area contributed by atoms with Crippen molar-refractivity contribution in [2.24, 2.45) is 0 Å². The molecule has 0 bridgehead atoms. The number of aromatic nitrogens is 2. The molecule has 1 aromatic heterocycles.